The van der Waals surface area contributed by atoms with Crippen LogP contribution in [0.2, 0.25) is 5.02 Å². The van der Waals surface area contributed by atoms with Crippen LogP contribution in [-0.2, 0) is 16.0 Å². The smallest absolute Gasteiger partial charge is 0.311 e. The van der Waals surface area contributed by atoms with Gasteiger partial charge in [0.2, 0.25) is 0 Å². The lowest BCUT2D eigenvalue weighted by Gasteiger charge is -2.05. The molecule has 0 saturated carbocycles. The lowest BCUT2D eigenvalue weighted by molar-refractivity contribution is -0.142. The van der Waals surface area contributed by atoms with Gasteiger partial charge < -0.3 is 4.74 Å². The molecule has 22 heavy (non-hydrogen) atoms. The van der Waals surface area contributed by atoms with E-state index in [1.54, 1.807) is 6.07 Å². The molecule has 3 nitrogen and oxygen atoms in total. The fraction of sp³-hybridized carbons (Fsp3) is 0.333. The lowest BCUT2D eigenvalue weighted by atomic mass is 10.1. The minimum atomic E-state index is -0.514. The van der Waals surface area contributed by atoms with Gasteiger partial charge in [0.1, 0.15) is 5.82 Å². The van der Waals surface area contributed by atoms with Gasteiger partial charge in [0.25, 0.3) is 0 Å². The minimum absolute atomic E-state index is 0.0542. The average molecular weight is 407 g/mol. The van der Waals surface area contributed by atoms with Crippen LogP contribution in [0, 0.1) is 5.82 Å². The monoisotopic (exact) mass is 405 g/mol. The topological polar surface area (TPSA) is 39.2 Å². The summed E-state index contributed by atoms with van der Waals surface area (Å²) in [5, 5.41) is 0.0542. The summed E-state index contributed by atoms with van der Waals surface area (Å²) in [5.41, 5.74) is 1.15. The van der Waals surface area contributed by atoms with Crippen molar-refractivity contribution in [1.82, 2.24) is 4.98 Å². The van der Waals surface area contributed by atoms with Crippen molar-refractivity contribution in [1.29, 1.82) is 0 Å². The van der Waals surface area contributed by atoms with E-state index in [-0.39, 0.29) is 17.4 Å². The van der Waals surface area contributed by atoms with Crippen LogP contribution in [0.3, 0.4) is 0 Å². The average Bonchev–Trinajstić information content (AvgIpc) is 2.83. The molecule has 0 N–H and O–H groups in total. The van der Waals surface area contributed by atoms with Gasteiger partial charge in [-0.15, -0.1) is 11.3 Å². The molecule has 0 amide bonds. The lowest BCUT2D eigenvalue weighted by Crippen LogP contribution is -2.08. The zero-order valence-electron chi connectivity index (χ0n) is 11.9. The van der Waals surface area contributed by atoms with Gasteiger partial charge in [0.05, 0.1) is 23.7 Å². The summed E-state index contributed by atoms with van der Waals surface area (Å²) in [6.45, 7) is 2.45. The molecule has 0 unspecified atom stereocenters. The summed E-state index contributed by atoms with van der Waals surface area (Å²) in [7, 11) is 0. The number of hydrogen-bond acceptors (Lipinski definition) is 4. The quantitative estimate of drug-likeness (QED) is 0.486. The Balaban J connectivity index is 2.19. The molecule has 1 aromatic carbocycles. The molecule has 0 radical (unpaired) electrons. The number of thiazole rings is 1. The summed E-state index contributed by atoms with van der Waals surface area (Å²) in [5.74, 6) is -0.819. The van der Waals surface area contributed by atoms with E-state index in [1.807, 2.05) is 6.92 Å². The maximum Gasteiger partial charge on any atom is 0.311 e. The molecule has 1 heterocycles. The number of benzene rings is 1. The Morgan fingerprint density at radius 1 is 1.50 bits per heavy atom. The first-order valence-corrected chi connectivity index (χ1v) is 8.76. The molecule has 0 aliphatic carbocycles. The van der Waals surface area contributed by atoms with Crippen molar-refractivity contribution in [2.24, 2.45) is 0 Å². The van der Waals surface area contributed by atoms with Gasteiger partial charge in [-0.25, -0.2) is 9.37 Å². The van der Waals surface area contributed by atoms with Crippen molar-refractivity contribution in [3.05, 3.63) is 37.8 Å². The highest BCUT2D eigenvalue weighted by molar-refractivity contribution is 9.11. The first-order chi connectivity index (χ1) is 10.5. The largest absolute Gasteiger partial charge is 0.465 e. The van der Waals surface area contributed by atoms with Gasteiger partial charge in [-0.3, -0.25) is 4.79 Å². The van der Waals surface area contributed by atoms with E-state index in [2.05, 4.69) is 20.9 Å². The van der Waals surface area contributed by atoms with Crippen LogP contribution in [-0.4, -0.2) is 17.6 Å². The number of carbonyl (C=O) groups excluding carboxylic acids is 1. The fourth-order valence-corrected chi connectivity index (χ4v) is 3.50. The number of hydrogen-bond donors (Lipinski definition) is 0. The van der Waals surface area contributed by atoms with Crippen LogP contribution >= 0.6 is 38.9 Å². The molecule has 2 aromatic rings. The van der Waals surface area contributed by atoms with Gasteiger partial charge in [0, 0.05) is 10.4 Å². The summed E-state index contributed by atoms with van der Waals surface area (Å²) in [6, 6.07) is 4.47. The van der Waals surface area contributed by atoms with Crippen LogP contribution in [0.4, 0.5) is 4.39 Å². The second kappa shape index (κ2) is 8.04. The number of rotatable bonds is 6. The van der Waals surface area contributed by atoms with E-state index in [0.717, 1.165) is 17.7 Å². The first kappa shape index (κ1) is 17.4. The molecule has 118 valence electrons. The summed E-state index contributed by atoms with van der Waals surface area (Å²) in [6.07, 6.45) is 1.93. The van der Waals surface area contributed by atoms with Crippen LogP contribution in [0.15, 0.2) is 22.1 Å². The Hall–Kier alpha value is -0.980. The van der Waals surface area contributed by atoms with Gasteiger partial charge in [-0.1, -0.05) is 31.0 Å². The molecule has 0 bridgehead atoms. The van der Waals surface area contributed by atoms with Crippen LogP contribution in [0.5, 0.6) is 0 Å². The van der Waals surface area contributed by atoms with Crippen molar-refractivity contribution in [3.8, 4) is 11.3 Å². The summed E-state index contributed by atoms with van der Waals surface area (Å²) in [4.78, 5) is 16.9. The standard InChI is InChI=1S/C15H14BrClFNO2S/c1-2-3-6-21-13(20)8-12-14(19-15(16)22-12)9-4-5-10(17)11(18)7-9/h4-5,7H,2-3,6,8H2,1H3. The van der Waals surface area contributed by atoms with Gasteiger partial charge >= 0.3 is 5.97 Å². The Labute approximate surface area is 145 Å². The predicted octanol–water partition coefficient (Wildman–Crippen LogP) is 5.25. The molecule has 0 aliphatic heterocycles. The van der Waals surface area contributed by atoms with E-state index in [9.17, 15) is 9.18 Å². The molecule has 0 spiro atoms. The van der Waals surface area contributed by atoms with E-state index >= 15 is 0 Å². The Kier molecular flexibility index (Phi) is 6.35. The van der Waals surface area contributed by atoms with Crippen LogP contribution in [0.25, 0.3) is 11.3 Å². The zero-order valence-corrected chi connectivity index (χ0v) is 15.0. The molecule has 1 aromatic heterocycles. The fourth-order valence-electron chi connectivity index (χ4n) is 1.82. The Bertz CT molecular complexity index is 678. The highest BCUT2D eigenvalue weighted by atomic mass is 79.9. The highest BCUT2D eigenvalue weighted by Crippen LogP contribution is 2.33. The summed E-state index contributed by atoms with van der Waals surface area (Å²) < 4.78 is 19.4. The van der Waals surface area contributed by atoms with Crippen molar-refractivity contribution in [3.63, 3.8) is 0 Å². The SMILES string of the molecule is CCCCOC(=O)Cc1sc(Br)nc1-c1ccc(Cl)c(F)c1. The molecule has 0 atom stereocenters. The van der Waals surface area contributed by atoms with Crippen molar-refractivity contribution in [2.75, 3.05) is 6.61 Å². The van der Waals surface area contributed by atoms with E-state index in [0.29, 0.717) is 21.8 Å². The number of carbonyl (C=O) groups is 1. The number of halogens is 3. The molecule has 0 fully saturated rings. The predicted molar refractivity (Wildman–Crippen MR) is 89.8 cm³/mol. The van der Waals surface area contributed by atoms with E-state index in [1.165, 1.54) is 23.5 Å². The van der Waals surface area contributed by atoms with Crippen LogP contribution < -0.4 is 0 Å². The molecule has 0 aliphatic rings. The Morgan fingerprint density at radius 2 is 2.27 bits per heavy atom. The van der Waals surface area contributed by atoms with E-state index in [4.69, 9.17) is 16.3 Å². The highest BCUT2D eigenvalue weighted by Gasteiger charge is 2.17. The molecule has 2 rings (SSSR count). The number of ether oxygens (including phenoxy) is 1. The summed E-state index contributed by atoms with van der Waals surface area (Å²) >= 11 is 10.3. The Morgan fingerprint density at radius 3 is 2.95 bits per heavy atom. The minimum Gasteiger partial charge on any atom is -0.465 e. The molecular weight excluding hydrogens is 393 g/mol. The number of esters is 1. The van der Waals surface area contributed by atoms with Crippen molar-refractivity contribution < 1.29 is 13.9 Å². The first-order valence-electron chi connectivity index (χ1n) is 6.77. The van der Waals surface area contributed by atoms with Gasteiger partial charge in [-0.05, 0) is 34.5 Å². The van der Waals surface area contributed by atoms with E-state index < -0.39 is 5.82 Å². The molecular formula is C15H14BrClFNO2S. The van der Waals surface area contributed by atoms with Crippen LogP contribution in [0.1, 0.15) is 24.6 Å². The number of unbranched alkanes of at least 4 members (excludes halogenated alkanes) is 1. The van der Waals surface area contributed by atoms with Gasteiger partial charge in [0.15, 0.2) is 3.92 Å². The van der Waals surface area contributed by atoms with Crippen molar-refractivity contribution >= 4 is 44.8 Å². The third kappa shape index (κ3) is 4.51. The number of aromatic nitrogens is 1. The maximum atomic E-state index is 13.6. The molecule has 0 saturated heterocycles. The maximum absolute atomic E-state index is 13.6. The van der Waals surface area contributed by atoms with Crippen molar-refractivity contribution in [2.45, 2.75) is 26.2 Å². The second-order valence-electron chi connectivity index (χ2n) is 4.62. The normalized spacial score (nSPS) is 10.7. The third-order valence-electron chi connectivity index (χ3n) is 2.93. The van der Waals surface area contributed by atoms with Gasteiger partial charge in [-0.2, -0.15) is 0 Å². The number of nitrogens with zero attached hydrogens (tertiary/aromatic N) is 1. The third-order valence-corrected chi connectivity index (χ3v) is 4.74. The zero-order chi connectivity index (χ0) is 16.1. The second-order valence-corrected chi connectivity index (χ2v) is 7.39. The molecule has 7 heteroatoms.